The number of hydroxylamine groups is 2. The summed E-state index contributed by atoms with van der Waals surface area (Å²) in [5, 5.41) is 1.46. The third-order valence-corrected chi connectivity index (χ3v) is 8.56. The van der Waals surface area contributed by atoms with Crippen molar-refractivity contribution in [3.8, 4) is 0 Å². The maximum absolute atomic E-state index is 13.7. The van der Waals surface area contributed by atoms with E-state index < -0.39 is 35.5 Å². The average molecular weight is 498 g/mol. The zero-order valence-electron chi connectivity index (χ0n) is 19.2. The van der Waals surface area contributed by atoms with Gasteiger partial charge in [0, 0.05) is 17.9 Å². The van der Waals surface area contributed by atoms with Crippen LogP contribution in [0.3, 0.4) is 0 Å². The number of carbonyl (C=O) groups excluding carboxylic acids is 3. The first-order valence-corrected chi connectivity index (χ1v) is 13.3. The highest BCUT2D eigenvalue weighted by atomic mass is 32.2. The Labute approximate surface area is 203 Å². The summed E-state index contributed by atoms with van der Waals surface area (Å²) in [6.07, 6.45) is -1.04. The van der Waals surface area contributed by atoms with Crippen LogP contribution in [0.2, 0.25) is 0 Å². The van der Waals surface area contributed by atoms with E-state index >= 15 is 0 Å². The van der Waals surface area contributed by atoms with Crippen molar-refractivity contribution >= 4 is 41.4 Å². The molecular weight excluding hydrogens is 466 g/mol. The second-order valence-corrected chi connectivity index (χ2v) is 10.5. The molecule has 0 saturated carbocycles. The molecule has 0 amide bonds. The summed E-state index contributed by atoms with van der Waals surface area (Å²) in [5.74, 6) is -1.31. The zero-order chi connectivity index (χ0) is 23.8. The van der Waals surface area contributed by atoms with Crippen LogP contribution in [0, 0.1) is 5.92 Å². The Morgan fingerprint density at radius 2 is 1.58 bits per heavy atom. The Hall–Kier alpha value is -1.75. The summed E-state index contributed by atoms with van der Waals surface area (Å²) in [6.45, 7) is 5.62. The van der Waals surface area contributed by atoms with E-state index in [0.717, 1.165) is 17.1 Å². The minimum Gasteiger partial charge on any atom is -0.466 e. The van der Waals surface area contributed by atoms with Gasteiger partial charge in [0.1, 0.15) is 5.92 Å². The molecule has 2 heterocycles. The van der Waals surface area contributed by atoms with Crippen LogP contribution in [0.1, 0.15) is 32.8 Å². The first-order chi connectivity index (χ1) is 16.0. The van der Waals surface area contributed by atoms with Gasteiger partial charge >= 0.3 is 17.9 Å². The lowest BCUT2D eigenvalue weighted by atomic mass is 9.78. The smallest absolute Gasteiger partial charge is 0.338 e. The van der Waals surface area contributed by atoms with Gasteiger partial charge in [-0.2, -0.15) is 5.06 Å². The highest BCUT2D eigenvalue weighted by Crippen LogP contribution is 2.48. The normalized spacial score (nSPS) is 25.7. The third-order valence-electron chi connectivity index (χ3n) is 5.53. The lowest BCUT2D eigenvalue weighted by Gasteiger charge is -2.38. The van der Waals surface area contributed by atoms with Gasteiger partial charge in [-0.25, -0.2) is 9.59 Å². The van der Waals surface area contributed by atoms with Crippen LogP contribution >= 0.6 is 23.5 Å². The van der Waals surface area contributed by atoms with Gasteiger partial charge in [0.15, 0.2) is 11.6 Å². The van der Waals surface area contributed by atoms with Crippen molar-refractivity contribution in [2.24, 2.45) is 5.92 Å². The van der Waals surface area contributed by atoms with Crippen molar-refractivity contribution in [2.75, 3.05) is 31.3 Å². The molecule has 2 aliphatic heterocycles. The van der Waals surface area contributed by atoms with E-state index in [1.165, 1.54) is 5.06 Å². The second kappa shape index (κ2) is 12.1. The molecule has 8 nitrogen and oxygen atoms in total. The predicted molar refractivity (Wildman–Crippen MR) is 126 cm³/mol. The number of ether oxygens (including phenoxy) is 3. The summed E-state index contributed by atoms with van der Waals surface area (Å²) >= 11 is 3.45. The summed E-state index contributed by atoms with van der Waals surface area (Å²) < 4.78 is 16.1. The molecule has 182 valence electrons. The van der Waals surface area contributed by atoms with Gasteiger partial charge in [0.2, 0.25) is 0 Å². The Bertz CT molecular complexity index is 818. The van der Waals surface area contributed by atoms with Gasteiger partial charge in [0.05, 0.1) is 30.9 Å². The molecule has 3 atom stereocenters. The zero-order valence-corrected chi connectivity index (χ0v) is 20.8. The summed E-state index contributed by atoms with van der Waals surface area (Å²) in [4.78, 5) is 46.0. The SMILES string of the molecule is CCOC(=O)[C@H]1ON(Cc2ccccc2)[C@@](CC2SCCS2)(C(=O)OCC)[C@H]1C(=O)OCC. The average Bonchev–Trinajstić information content (AvgIpc) is 3.42. The topological polar surface area (TPSA) is 91.4 Å². The number of rotatable bonds is 10. The van der Waals surface area contributed by atoms with Crippen LogP contribution in [-0.2, 0) is 40.0 Å². The van der Waals surface area contributed by atoms with E-state index in [0.29, 0.717) is 0 Å². The number of carbonyl (C=O) groups is 3. The minimum atomic E-state index is -1.54. The van der Waals surface area contributed by atoms with Crippen molar-refractivity contribution in [1.82, 2.24) is 5.06 Å². The van der Waals surface area contributed by atoms with Crippen LogP contribution in [0.15, 0.2) is 30.3 Å². The minimum absolute atomic E-state index is 0.0363. The standard InChI is InChI=1S/C23H31NO7S2/c1-4-28-20(25)18-19(21(26)29-5-2)31-24(15-16-10-8-7-9-11-16)23(18,22(27)30-6-3)14-17-32-12-13-33-17/h7-11,17-19H,4-6,12-15H2,1-3H3/t18-,19+,23-/m1/s1. The fraction of sp³-hybridized carbons (Fsp3) is 0.609. The number of esters is 3. The van der Waals surface area contributed by atoms with Crippen molar-refractivity contribution in [3.63, 3.8) is 0 Å². The van der Waals surface area contributed by atoms with E-state index in [9.17, 15) is 14.4 Å². The molecule has 1 aromatic rings. The maximum Gasteiger partial charge on any atom is 0.338 e. The monoisotopic (exact) mass is 497 g/mol. The number of benzene rings is 1. The van der Waals surface area contributed by atoms with Crippen LogP contribution in [0.5, 0.6) is 0 Å². The highest BCUT2D eigenvalue weighted by Gasteiger charge is 2.67. The van der Waals surface area contributed by atoms with Crippen molar-refractivity contribution in [3.05, 3.63) is 35.9 Å². The molecule has 10 heteroatoms. The third kappa shape index (κ3) is 5.67. The van der Waals surface area contributed by atoms with E-state index in [-0.39, 0.29) is 37.4 Å². The molecule has 0 bridgehead atoms. The summed E-state index contributed by atoms with van der Waals surface area (Å²) in [6, 6.07) is 9.45. The molecule has 33 heavy (non-hydrogen) atoms. The van der Waals surface area contributed by atoms with Crippen LogP contribution in [0.25, 0.3) is 0 Å². The lowest BCUT2D eigenvalue weighted by molar-refractivity contribution is -0.216. The van der Waals surface area contributed by atoms with Gasteiger partial charge in [-0.05, 0) is 26.3 Å². The van der Waals surface area contributed by atoms with Crippen molar-refractivity contribution < 1.29 is 33.4 Å². The Kier molecular flexibility index (Phi) is 9.48. The molecule has 0 N–H and O–H groups in total. The van der Waals surface area contributed by atoms with Crippen LogP contribution in [-0.4, -0.2) is 70.5 Å². The molecule has 0 aromatic heterocycles. The van der Waals surface area contributed by atoms with Crippen LogP contribution < -0.4 is 0 Å². The van der Waals surface area contributed by atoms with Gasteiger partial charge in [-0.15, -0.1) is 23.5 Å². The Morgan fingerprint density at radius 3 is 2.18 bits per heavy atom. The van der Waals surface area contributed by atoms with Crippen molar-refractivity contribution in [2.45, 2.75) is 50.0 Å². The molecule has 0 unspecified atom stereocenters. The first kappa shape index (κ1) is 25.9. The second-order valence-electron chi connectivity index (χ2n) is 7.55. The van der Waals surface area contributed by atoms with Gasteiger partial charge < -0.3 is 14.2 Å². The molecule has 2 aliphatic rings. The molecule has 0 spiro atoms. The van der Waals surface area contributed by atoms with Crippen molar-refractivity contribution in [1.29, 1.82) is 0 Å². The molecule has 2 saturated heterocycles. The Balaban J connectivity index is 2.12. The molecule has 0 radical (unpaired) electrons. The first-order valence-electron chi connectivity index (χ1n) is 11.2. The summed E-state index contributed by atoms with van der Waals surface area (Å²) in [7, 11) is 0. The number of nitrogens with zero attached hydrogens (tertiary/aromatic N) is 1. The van der Waals surface area contributed by atoms with Gasteiger partial charge in [0.25, 0.3) is 0 Å². The maximum atomic E-state index is 13.7. The number of hydrogen-bond donors (Lipinski definition) is 0. The predicted octanol–water partition coefficient (Wildman–Crippen LogP) is 3.04. The van der Waals surface area contributed by atoms with E-state index in [1.807, 2.05) is 30.3 Å². The van der Waals surface area contributed by atoms with E-state index in [1.54, 1.807) is 44.3 Å². The van der Waals surface area contributed by atoms with E-state index in [2.05, 4.69) is 0 Å². The van der Waals surface area contributed by atoms with Crippen LogP contribution in [0.4, 0.5) is 0 Å². The van der Waals surface area contributed by atoms with E-state index in [4.69, 9.17) is 19.0 Å². The largest absolute Gasteiger partial charge is 0.466 e. The Morgan fingerprint density at radius 1 is 0.970 bits per heavy atom. The van der Waals surface area contributed by atoms with Gasteiger partial charge in [-0.1, -0.05) is 30.3 Å². The molecule has 2 fully saturated rings. The molecule has 3 rings (SSSR count). The molecule has 0 aliphatic carbocycles. The lowest BCUT2D eigenvalue weighted by Crippen LogP contribution is -2.59. The summed E-state index contributed by atoms with van der Waals surface area (Å²) in [5.41, 5.74) is -0.671. The fourth-order valence-corrected chi connectivity index (χ4v) is 7.16. The highest BCUT2D eigenvalue weighted by molar-refractivity contribution is 8.20. The number of hydrogen-bond acceptors (Lipinski definition) is 10. The number of thioether (sulfide) groups is 2. The van der Waals surface area contributed by atoms with Gasteiger partial charge in [-0.3, -0.25) is 9.63 Å². The molecular formula is C23H31NO7S2. The fourth-order valence-electron chi connectivity index (χ4n) is 4.16. The molecule has 1 aromatic carbocycles. The quantitative estimate of drug-likeness (QED) is 0.355.